The van der Waals surface area contributed by atoms with E-state index in [4.69, 9.17) is 27.9 Å². The topological polar surface area (TPSA) is 68.3 Å². The molecule has 1 aromatic rings. The number of amides is 1. The summed E-state index contributed by atoms with van der Waals surface area (Å²) in [5.74, 6) is -1.18. The van der Waals surface area contributed by atoms with E-state index in [9.17, 15) is 9.59 Å². The van der Waals surface area contributed by atoms with Crippen molar-refractivity contribution < 1.29 is 14.3 Å². The van der Waals surface area contributed by atoms with Gasteiger partial charge in [-0.2, -0.15) is 0 Å². The van der Waals surface area contributed by atoms with Crippen LogP contribution in [-0.4, -0.2) is 29.5 Å². The summed E-state index contributed by atoms with van der Waals surface area (Å²) >= 11 is 11.4. The second-order valence-corrected chi connectivity index (χ2v) is 4.56. The van der Waals surface area contributed by atoms with E-state index in [1.807, 2.05) is 0 Å². The van der Waals surface area contributed by atoms with Gasteiger partial charge in [0.2, 0.25) is 0 Å². The number of pyridine rings is 1. The highest BCUT2D eigenvalue weighted by molar-refractivity contribution is 6.34. The number of carbonyl (C=O) groups excluding carboxylic acids is 2. The van der Waals surface area contributed by atoms with E-state index in [0.717, 1.165) is 0 Å². The molecule has 1 rings (SSSR count). The van der Waals surface area contributed by atoms with Crippen LogP contribution >= 0.6 is 23.2 Å². The van der Waals surface area contributed by atoms with Crippen LogP contribution in [0.25, 0.3) is 0 Å². The lowest BCUT2D eigenvalue weighted by Gasteiger charge is -2.09. The standard InChI is InChI=1S/C11H12Cl2N2O3/c1-6(2)14-9(16)5-18-11(17)10-7(12)3-4-8(13)15-10/h3-4,6H,5H2,1-2H3,(H,14,16). The van der Waals surface area contributed by atoms with E-state index in [0.29, 0.717) is 0 Å². The molecule has 1 amide bonds. The molecule has 1 heterocycles. The summed E-state index contributed by atoms with van der Waals surface area (Å²) < 4.78 is 4.77. The maximum atomic E-state index is 11.6. The quantitative estimate of drug-likeness (QED) is 0.681. The first-order valence-corrected chi connectivity index (χ1v) is 5.94. The maximum Gasteiger partial charge on any atom is 0.359 e. The molecular formula is C11H12Cl2N2O3. The van der Waals surface area contributed by atoms with E-state index >= 15 is 0 Å². The van der Waals surface area contributed by atoms with Crippen molar-refractivity contribution in [2.45, 2.75) is 19.9 Å². The Hall–Kier alpha value is -1.33. The van der Waals surface area contributed by atoms with Gasteiger partial charge < -0.3 is 10.1 Å². The van der Waals surface area contributed by atoms with E-state index < -0.39 is 11.9 Å². The summed E-state index contributed by atoms with van der Waals surface area (Å²) in [5, 5.41) is 2.82. The molecule has 18 heavy (non-hydrogen) atoms. The number of nitrogens with one attached hydrogen (secondary N) is 1. The fraction of sp³-hybridized carbons (Fsp3) is 0.364. The monoisotopic (exact) mass is 290 g/mol. The first-order chi connectivity index (χ1) is 8.40. The van der Waals surface area contributed by atoms with Crippen LogP contribution in [0.5, 0.6) is 0 Å². The Bertz CT molecular complexity index is 464. The average molecular weight is 291 g/mol. The Morgan fingerprint density at radius 3 is 2.67 bits per heavy atom. The molecule has 1 aromatic heterocycles. The lowest BCUT2D eigenvalue weighted by molar-refractivity contribution is -0.124. The van der Waals surface area contributed by atoms with Crippen molar-refractivity contribution in [3.05, 3.63) is 28.0 Å². The highest BCUT2D eigenvalue weighted by Gasteiger charge is 2.16. The number of halogens is 2. The van der Waals surface area contributed by atoms with Gasteiger partial charge in [0.05, 0.1) is 5.02 Å². The van der Waals surface area contributed by atoms with Crippen molar-refractivity contribution in [2.75, 3.05) is 6.61 Å². The zero-order valence-electron chi connectivity index (χ0n) is 9.87. The molecule has 5 nitrogen and oxygen atoms in total. The maximum absolute atomic E-state index is 11.6. The first-order valence-electron chi connectivity index (χ1n) is 5.18. The molecule has 0 atom stereocenters. The van der Waals surface area contributed by atoms with E-state index in [1.54, 1.807) is 13.8 Å². The molecule has 0 aliphatic heterocycles. The minimum absolute atomic E-state index is 0.0240. The van der Waals surface area contributed by atoms with Gasteiger partial charge in [-0.3, -0.25) is 4.79 Å². The van der Waals surface area contributed by atoms with Crippen LogP contribution in [0.1, 0.15) is 24.3 Å². The van der Waals surface area contributed by atoms with Gasteiger partial charge in [0.25, 0.3) is 5.91 Å². The number of hydrogen-bond acceptors (Lipinski definition) is 4. The fourth-order valence-corrected chi connectivity index (χ4v) is 1.45. The predicted molar refractivity (Wildman–Crippen MR) is 67.8 cm³/mol. The largest absolute Gasteiger partial charge is 0.451 e. The van der Waals surface area contributed by atoms with Gasteiger partial charge >= 0.3 is 5.97 Å². The molecule has 0 radical (unpaired) electrons. The van der Waals surface area contributed by atoms with Crippen LogP contribution in [-0.2, 0) is 9.53 Å². The van der Waals surface area contributed by atoms with Crippen molar-refractivity contribution in [3.8, 4) is 0 Å². The predicted octanol–water partition coefficient (Wildman–Crippen LogP) is 2.07. The van der Waals surface area contributed by atoms with Gasteiger partial charge in [0.1, 0.15) is 5.15 Å². The van der Waals surface area contributed by atoms with Crippen molar-refractivity contribution >= 4 is 35.1 Å². The van der Waals surface area contributed by atoms with E-state index in [-0.39, 0.29) is 28.5 Å². The molecule has 0 saturated carbocycles. The number of esters is 1. The van der Waals surface area contributed by atoms with Gasteiger partial charge in [0, 0.05) is 6.04 Å². The molecular weight excluding hydrogens is 279 g/mol. The second kappa shape index (κ2) is 6.56. The van der Waals surface area contributed by atoms with Gasteiger partial charge in [-0.25, -0.2) is 9.78 Å². The molecule has 0 saturated heterocycles. The summed E-state index contributed by atoms with van der Waals surface area (Å²) in [4.78, 5) is 26.6. The van der Waals surface area contributed by atoms with Crippen LogP contribution in [0, 0.1) is 0 Å². The molecule has 98 valence electrons. The summed E-state index contributed by atoms with van der Waals surface area (Å²) in [5.41, 5.74) is -0.110. The normalized spacial score (nSPS) is 10.3. The van der Waals surface area contributed by atoms with E-state index in [2.05, 4.69) is 10.3 Å². The third-order valence-corrected chi connectivity index (χ3v) is 2.30. The lowest BCUT2D eigenvalue weighted by atomic mass is 10.3. The third kappa shape index (κ3) is 4.50. The summed E-state index contributed by atoms with van der Waals surface area (Å²) in [7, 11) is 0. The van der Waals surface area contributed by atoms with Crippen LogP contribution in [0.3, 0.4) is 0 Å². The van der Waals surface area contributed by atoms with Crippen LogP contribution < -0.4 is 5.32 Å². The van der Waals surface area contributed by atoms with E-state index in [1.165, 1.54) is 12.1 Å². The molecule has 0 bridgehead atoms. The molecule has 1 N–H and O–H groups in total. The Morgan fingerprint density at radius 2 is 2.06 bits per heavy atom. The fourth-order valence-electron chi connectivity index (χ4n) is 1.12. The molecule has 0 spiro atoms. The van der Waals surface area contributed by atoms with Gasteiger partial charge in [-0.1, -0.05) is 23.2 Å². The molecule has 0 aliphatic rings. The highest BCUT2D eigenvalue weighted by Crippen LogP contribution is 2.17. The summed E-state index contributed by atoms with van der Waals surface area (Å²) in [6.07, 6.45) is 0. The molecule has 0 aromatic carbocycles. The number of carbonyl (C=O) groups is 2. The Kier molecular flexibility index (Phi) is 5.37. The second-order valence-electron chi connectivity index (χ2n) is 3.76. The van der Waals surface area contributed by atoms with Crippen LogP contribution in [0.4, 0.5) is 0 Å². The Labute approximate surface area is 114 Å². The Morgan fingerprint density at radius 1 is 1.39 bits per heavy atom. The van der Waals surface area contributed by atoms with Crippen LogP contribution in [0.2, 0.25) is 10.2 Å². The lowest BCUT2D eigenvalue weighted by Crippen LogP contribution is -2.34. The zero-order chi connectivity index (χ0) is 13.7. The molecule has 0 aliphatic carbocycles. The Balaban J connectivity index is 2.60. The number of aromatic nitrogens is 1. The van der Waals surface area contributed by atoms with Crippen LogP contribution in [0.15, 0.2) is 12.1 Å². The number of nitrogens with zero attached hydrogens (tertiary/aromatic N) is 1. The third-order valence-electron chi connectivity index (χ3n) is 1.79. The first kappa shape index (κ1) is 14.7. The number of rotatable bonds is 4. The highest BCUT2D eigenvalue weighted by atomic mass is 35.5. The average Bonchev–Trinajstić information content (AvgIpc) is 2.28. The van der Waals surface area contributed by atoms with Gasteiger partial charge in [-0.15, -0.1) is 0 Å². The SMILES string of the molecule is CC(C)NC(=O)COC(=O)c1nc(Cl)ccc1Cl. The molecule has 7 heteroatoms. The van der Waals surface area contributed by atoms with Crippen molar-refractivity contribution in [3.63, 3.8) is 0 Å². The van der Waals surface area contributed by atoms with Crippen molar-refractivity contribution in [1.82, 2.24) is 10.3 Å². The molecule has 0 unspecified atom stereocenters. The molecule has 0 fully saturated rings. The number of hydrogen-bond donors (Lipinski definition) is 1. The zero-order valence-corrected chi connectivity index (χ0v) is 11.4. The summed E-state index contributed by atoms with van der Waals surface area (Å²) in [6, 6.07) is 2.86. The summed E-state index contributed by atoms with van der Waals surface area (Å²) in [6.45, 7) is 3.21. The van der Waals surface area contributed by atoms with Gasteiger partial charge in [0.15, 0.2) is 12.3 Å². The minimum atomic E-state index is -0.790. The smallest absolute Gasteiger partial charge is 0.359 e. The van der Waals surface area contributed by atoms with Crippen molar-refractivity contribution in [1.29, 1.82) is 0 Å². The van der Waals surface area contributed by atoms with Crippen molar-refractivity contribution in [2.24, 2.45) is 0 Å². The minimum Gasteiger partial charge on any atom is -0.451 e. The number of ether oxygens (including phenoxy) is 1. The van der Waals surface area contributed by atoms with Gasteiger partial charge in [-0.05, 0) is 26.0 Å².